The number of rotatable bonds is 5. The van der Waals surface area contributed by atoms with Gasteiger partial charge in [-0.25, -0.2) is 9.50 Å². The Morgan fingerprint density at radius 3 is 2.58 bits per heavy atom. The van der Waals surface area contributed by atoms with E-state index in [1.165, 1.54) is 11.8 Å². The summed E-state index contributed by atoms with van der Waals surface area (Å²) in [6, 6.07) is 0. The number of amides is 1. The lowest BCUT2D eigenvalue weighted by atomic mass is 10.1. The molecule has 26 heavy (non-hydrogen) atoms. The molecular weight excluding hydrogens is 354 g/mol. The lowest BCUT2D eigenvalue weighted by Crippen LogP contribution is -2.38. The van der Waals surface area contributed by atoms with Crippen LogP contribution in [0.25, 0.3) is 5.78 Å². The molecule has 0 bridgehead atoms. The highest BCUT2D eigenvalue weighted by Crippen LogP contribution is 2.18. The molecule has 0 aromatic carbocycles. The van der Waals surface area contributed by atoms with Gasteiger partial charge in [0.05, 0.1) is 6.42 Å². The molecule has 0 aliphatic carbocycles. The summed E-state index contributed by atoms with van der Waals surface area (Å²) >= 11 is 1.44. The number of carbonyl (C=O) groups excluding carboxylic acids is 2. The fourth-order valence-corrected chi connectivity index (χ4v) is 3.50. The Morgan fingerprint density at radius 1 is 1.23 bits per heavy atom. The van der Waals surface area contributed by atoms with Crippen molar-refractivity contribution in [2.24, 2.45) is 0 Å². The van der Waals surface area contributed by atoms with Crippen LogP contribution in [0.15, 0.2) is 5.16 Å². The van der Waals surface area contributed by atoms with E-state index >= 15 is 0 Å². The molecule has 0 N–H and O–H groups in total. The molecule has 3 heterocycles. The molecule has 2 aromatic heterocycles. The van der Waals surface area contributed by atoms with Crippen molar-refractivity contribution >= 4 is 29.4 Å². The van der Waals surface area contributed by atoms with Crippen LogP contribution in [0.1, 0.15) is 36.7 Å². The monoisotopic (exact) mass is 377 g/mol. The van der Waals surface area contributed by atoms with Gasteiger partial charge in [-0.15, -0.1) is 5.10 Å². The Labute approximate surface area is 156 Å². The number of ether oxygens (including phenoxy) is 1. The van der Waals surface area contributed by atoms with Crippen molar-refractivity contribution in [1.82, 2.24) is 24.5 Å². The van der Waals surface area contributed by atoms with Gasteiger partial charge in [0.2, 0.25) is 5.16 Å². The summed E-state index contributed by atoms with van der Waals surface area (Å²) in [7, 11) is 0. The predicted molar refractivity (Wildman–Crippen MR) is 97.1 cm³/mol. The topological polar surface area (TPSA) is 89.7 Å². The number of aryl methyl sites for hydroxylation is 2. The minimum absolute atomic E-state index is 0.0483. The van der Waals surface area contributed by atoms with E-state index in [0.717, 1.165) is 37.2 Å². The zero-order valence-electron chi connectivity index (χ0n) is 15.5. The minimum atomic E-state index is -0.771. The van der Waals surface area contributed by atoms with Gasteiger partial charge >= 0.3 is 5.97 Å². The third-order valence-electron chi connectivity index (χ3n) is 4.61. The number of esters is 1. The number of fused-ring (bicyclic) bond motifs is 1. The maximum atomic E-state index is 12.4. The van der Waals surface area contributed by atoms with Gasteiger partial charge in [-0.1, -0.05) is 11.8 Å². The molecule has 140 valence electrons. The zero-order chi connectivity index (χ0) is 18.8. The smallest absolute Gasteiger partial charge is 0.311 e. The number of likely N-dealkylation sites (tertiary alicyclic amines) is 1. The summed E-state index contributed by atoms with van der Waals surface area (Å²) in [6.07, 6.45) is 3.19. The molecular formula is C17H23N5O3S. The Kier molecular flexibility index (Phi) is 5.45. The molecule has 1 saturated heterocycles. The van der Waals surface area contributed by atoms with Gasteiger partial charge in [-0.05, 0) is 39.9 Å². The molecule has 1 aliphatic rings. The van der Waals surface area contributed by atoms with E-state index in [4.69, 9.17) is 4.74 Å². The van der Waals surface area contributed by atoms with Gasteiger partial charge in [-0.3, -0.25) is 9.59 Å². The van der Waals surface area contributed by atoms with Gasteiger partial charge in [0.15, 0.2) is 6.10 Å². The van der Waals surface area contributed by atoms with Crippen LogP contribution >= 0.6 is 11.8 Å². The molecule has 0 radical (unpaired) electrons. The van der Waals surface area contributed by atoms with E-state index in [-0.39, 0.29) is 12.3 Å². The fraction of sp³-hybridized carbons (Fsp3) is 0.588. The Hall–Kier alpha value is -2.16. The van der Waals surface area contributed by atoms with Crippen LogP contribution < -0.4 is 0 Å². The van der Waals surface area contributed by atoms with Crippen LogP contribution in [0.3, 0.4) is 0 Å². The van der Waals surface area contributed by atoms with Crippen molar-refractivity contribution in [3.63, 3.8) is 0 Å². The summed E-state index contributed by atoms with van der Waals surface area (Å²) in [6.45, 7) is 6.82. The van der Waals surface area contributed by atoms with Gasteiger partial charge < -0.3 is 9.64 Å². The second-order valence-electron chi connectivity index (χ2n) is 6.41. The second-order valence-corrected chi connectivity index (χ2v) is 7.19. The lowest BCUT2D eigenvalue weighted by Gasteiger charge is -2.20. The van der Waals surface area contributed by atoms with Gasteiger partial charge in [-0.2, -0.15) is 4.98 Å². The third-order valence-corrected chi connectivity index (χ3v) is 5.15. The van der Waals surface area contributed by atoms with Gasteiger partial charge in [0.1, 0.15) is 0 Å². The fourth-order valence-electron chi connectivity index (χ4n) is 3.16. The predicted octanol–water partition coefficient (Wildman–Crippen LogP) is 1.56. The van der Waals surface area contributed by atoms with Crippen LogP contribution in [-0.2, 0) is 20.7 Å². The molecule has 9 heteroatoms. The number of hydrogen-bond donors (Lipinski definition) is 0. The Morgan fingerprint density at radius 2 is 1.92 bits per heavy atom. The SMILES string of the molecule is CSc1nc2nc(C)c(CC(=O)OC(C)C(=O)N3CCCC3)c(C)n2n1. The molecule has 2 aromatic rings. The zero-order valence-corrected chi connectivity index (χ0v) is 16.3. The average molecular weight is 377 g/mol. The highest BCUT2D eigenvalue weighted by atomic mass is 32.2. The van der Waals surface area contributed by atoms with Crippen molar-refractivity contribution in [2.45, 2.75) is 51.3 Å². The van der Waals surface area contributed by atoms with E-state index in [0.29, 0.717) is 16.6 Å². The average Bonchev–Trinajstić information content (AvgIpc) is 3.27. The molecule has 8 nitrogen and oxygen atoms in total. The normalized spacial score (nSPS) is 15.5. The number of thioether (sulfide) groups is 1. The molecule has 1 aliphatic heterocycles. The largest absolute Gasteiger partial charge is 0.452 e. The summed E-state index contributed by atoms with van der Waals surface area (Å²) < 4.78 is 7.01. The first-order valence-electron chi connectivity index (χ1n) is 8.65. The first kappa shape index (κ1) is 18.6. The van der Waals surface area contributed by atoms with E-state index in [9.17, 15) is 9.59 Å². The molecule has 1 atom stereocenters. The van der Waals surface area contributed by atoms with Crippen molar-refractivity contribution in [3.8, 4) is 0 Å². The molecule has 1 unspecified atom stereocenters. The van der Waals surface area contributed by atoms with Crippen LogP contribution in [0.2, 0.25) is 0 Å². The van der Waals surface area contributed by atoms with Crippen molar-refractivity contribution in [1.29, 1.82) is 0 Å². The molecule has 1 amide bonds. The van der Waals surface area contributed by atoms with Crippen molar-refractivity contribution in [3.05, 3.63) is 17.0 Å². The standard InChI is InChI=1S/C17H23N5O3S/c1-10-13(11(2)22-16(18-10)19-17(20-22)26-4)9-14(23)25-12(3)15(24)21-7-5-6-8-21/h12H,5-9H2,1-4H3. The number of hydrogen-bond acceptors (Lipinski definition) is 7. The second kappa shape index (κ2) is 7.61. The Bertz CT molecular complexity index is 845. The van der Waals surface area contributed by atoms with Crippen LogP contribution in [0.4, 0.5) is 0 Å². The molecule has 0 spiro atoms. The number of carbonyl (C=O) groups is 2. The third kappa shape index (κ3) is 3.67. The molecule has 0 saturated carbocycles. The van der Waals surface area contributed by atoms with E-state index in [1.807, 2.05) is 20.1 Å². The van der Waals surface area contributed by atoms with Crippen molar-refractivity contribution < 1.29 is 14.3 Å². The number of aromatic nitrogens is 4. The summed E-state index contributed by atoms with van der Waals surface area (Å²) in [4.78, 5) is 35.2. The summed E-state index contributed by atoms with van der Waals surface area (Å²) in [5, 5.41) is 5.00. The Balaban J connectivity index is 1.73. The van der Waals surface area contributed by atoms with E-state index in [2.05, 4.69) is 15.1 Å². The quantitative estimate of drug-likeness (QED) is 0.577. The van der Waals surface area contributed by atoms with Gasteiger partial charge in [0.25, 0.3) is 11.7 Å². The summed E-state index contributed by atoms with van der Waals surface area (Å²) in [5.41, 5.74) is 2.27. The maximum Gasteiger partial charge on any atom is 0.311 e. The summed E-state index contributed by atoms with van der Waals surface area (Å²) in [5.74, 6) is -0.0552. The highest BCUT2D eigenvalue weighted by molar-refractivity contribution is 7.98. The highest BCUT2D eigenvalue weighted by Gasteiger charge is 2.26. The first-order valence-corrected chi connectivity index (χ1v) is 9.88. The van der Waals surface area contributed by atoms with Crippen molar-refractivity contribution in [2.75, 3.05) is 19.3 Å². The van der Waals surface area contributed by atoms with E-state index in [1.54, 1.807) is 16.3 Å². The van der Waals surface area contributed by atoms with E-state index < -0.39 is 12.1 Å². The van der Waals surface area contributed by atoms with Gasteiger partial charge in [0, 0.05) is 30.0 Å². The lowest BCUT2D eigenvalue weighted by molar-refractivity contribution is -0.158. The van der Waals surface area contributed by atoms with Crippen LogP contribution in [-0.4, -0.2) is 61.8 Å². The minimum Gasteiger partial charge on any atom is -0.452 e. The molecule has 3 rings (SSSR count). The van der Waals surface area contributed by atoms with Crippen LogP contribution in [0, 0.1) is 13.8 Å². The number of nitrogens with zero attached hydrogens (tertiary/aromatic N) is 5. The maximum absolute atomic E-state index is 12.4. The molecule has 1 fully saturated rings. The first-order chi connectivity index (χ1) is 12.4. The van der Waals surface area contributed by atoms with Crippen LogP contribution in [0.5, 0.6) is 0 Å².